The molecule has 1 fully saturated rings. The SMILES string of the molecule is CCCCN(CCF)C(CNC(=O)c1cccc2nc(N3CCC(NC(=O)OC(C)(C)C)CC3)ccc12)c1cnc(C(C)(F)F)nc1.[HH].[HH]. The Morgan fingerprint density at radius 2 is 1.79 bits per heavy atom. The molecule has 3 heterocycles. The van der Waals surface area contributed by atoms with Gasteiger partial charge in [0.25, 0.3) is 5.91 Å². The van der Waals surface area contributed by atoms with Gasteiger partial charge >= 0.3 is 12.0 Å². The summed E-state index contributed by atoms with van der Waals surface area (Å²) in [6, 6.07) is 8.61. The maximum Gasteiger partial charge on any atom is 0.407 e. The molecule has 3 aromatic rings. The third kappa shape index (κ3) is 9.99. The minimum Gasteiger partial charge on any atom is -0.444 e. The van der Waals surface area contributed by atoms with E-state index in [2.05, 4.69) is 25.5 Å². The van der Waals surface area contributed by atoms with Gasteiger partial charge in [0.2, 0.25) is 0 Å². The van der Waals surface area contributed by atoms with Gasteiger partial charge in [-0.25, -0.2) is 24.1 Å². The number of piperidine rings is 1. The standard InChI is InChI=1S/C34H46F3N7O3.2H2/c1-6-7-16-43(19-15-35)28(23-20-39-31(40-21-23)34(5,36)37)22-38-30(45)26-9-8-10-27-25(26)11-12-29(42-27)44-17-13-24(14-18-44)41-32(46)47-33(2,3)4;;/h8-12,20-21,24,28H,6-7,13-19,22H2,1-5H3,(H,38,45)(H,41,46);2*1H. The molecule has 1 saturated heterocycles. The second-order valence-electron chi connectivity index (χ2n) is 13.0. The lowest BCUT2D eigenvalue weighted by Gasteiger charge is -2.33. The van der Waals surface area contributed by atoms with Crippen molar-refractivity contribution in [2.75, 3.05) is 44.3 Å². The fourth-order valence-corrected chi connectivity index (χ4v) is 5.62. The maximum absolute atomic E-state index is 13.8. The van der Waals surface area contributed by atoms with E-state index in [-0.39, 0.29) is 27.9 Å². The number of alkyl carbamates (subject to hydrolysis) is 1. The number of halogens is 3. The largest absolute Gasteiger partial charge is 0.444 e. The number of ether oxygens (including phenoxy) is 1. The van der Waals surface area contributed by atoms with Crippen LogP contribution in [0.3, 0.4) is 0 Å². The molecule has 2 aromatic heterocycles. The van der Waals surface area contributed by atoms with E-state index in [0.29, 0.717) is 41.7 Å². The number of anilines is 1. The zero-order chi connectivity index (χ0) is 34.2. The maximum atomic E-state index is 13.8. The van der Waals surface area contributed by atoms with Gasteiger partial charge in [-0.2, -0.15) is 8.78 Å². The first-order chi connectivity index (χ1) is 22.3. The Morgan fingerprint density at radius 3 is 2.40 bits per heavy atom. The second kappa shape index (κ2) is 15.7. The van der Waals surface area contributed by atoms with Crippen molar-refractivity contribution in [1.82, 2.24) is 30.5 Å². The summed E-state index contributed by atoms with van der Waals surface area (Å²) in [6.07, 6.45) is 5.40. The third-order valence-electron chi connectivity index (χ3n) is 8.02. The van der Waals surface area contributed by atoms with E-state index in [0.717, 1.165) is 38.4 Å². The van der Waals surface area contributed by atoms with Crippen molar-refractivity contribution < 1.29 is 30.4 Å². The number of aromatic nitrogens is 3. The van der Waals surface area contributed by atoms with E-state index in [4.69, 9.17) is 9.72 Å². The van der Waals surface area contributed by atoms with Crippen LogP contribution in [0.1, 0.15) is 90.9 Å². The van der Waals surface area contributed by atoms with E-state index >= 15 is 0 Å². The monoisotopic (exact) mass is 661 g/mol. The summed E-state index contributed by atoms with van der Waals surface area (Å²) >= 11 is 0. The number of hydrogen-bond donors (Lipinski definition) is 2. The van der Waals surface area contributed by atoms with Crippen LogP contribution in [0.2, 0.25) is 0 Å². The van der Waals surface area contributed by atoms with Gasteiger partial charge < -0.3 is 20.3 Å². The highest BCUT2D eigenvalue weighted by molar-refractivity contribution is 6.06. The molecule has 0 aliphatic carbocycles. The van der Waals surface area contributed by atoms with Crippen LogP contribution < -0.4 is 15.5 Å². The van der Waals surface area contributed by atoms with Gasteiger partial charge in [0.05, 0.1) is 11.6 Å². The quantitative estimate of drug-likeness (QED) is 0.209. The van der Waals surface area contributed by atoms with Crippen molar-refractivity contribution in [1.29, 1.82) is 0 Å². The van der Waals surface area contributed by atoms with E-state index in [1.165, 1.54) is 12.4 Å². The van der Waals surface area contributed by atoms with E-state index in [1.807, 2.05) is 50.8 Å². The van der Waals surface area contributed by atoms with Gasteiger partial charge in [-0.15, -0.1) is 0 Å². The summed E-state index contributed by atoms with van der Waals surface area (Å²) < 4.78 is 46.5. The first kappa shape index (κ1) is 35.8. The molecule has 260 valence electrons. The Kier molecular flexibility index (Phi) is 12.0. The minimum absolute atomic E-state index is 0. The molecule has 47 heavy (non-hydrogen) atoms. The zero-order valence-corrected chi connectivity index (χ0v) is 27.9. The highest BCUT2D eigenvalue weighted by atomic mass is 19.3. The van der Waals surface area contributed by atoms with Crippen LogP contribution in [0, 0.1) is 0 Å². The number of hydrogen-bond acceptors (Lipinski definition) is 8. The Balaban J connectivity index is 0.00000417. The number of amides is 2. The number of nitrogens with one attached hydrogen (secondary N) is 2. The minimum atomic E-state index is -3.19. The Hall–Kier alpha value is -4.00. The topological polar surface area (TPSA) is 113 Å². The molecule has 2 N–H and O–H groups in total. The molecule has 1 aliphatic heterocycles. The summed E-state index contributed by atoms with van der Waals surface area (Å²) in [7, 11) is 0. The van der Waals surface area contributed by atoms with Crippen LogP contribution in [0.5, 0.6) is 0 Å². The van der Waals surface area contributed by atoms with Crippen LogP contribution in [0.25, 0.3) is 10.9 Å². The van der Waals surface area contributed by atoms with Crippen LogP contribution in [-0.2, 0) is 10.7 Å². The molecule has 0 spiro atoms. The average Bonchev–Trinajstić information content (AvgIpc) is 3.02. The van der Waals surface area contributed by atoms with E-state index in [1.54, 1.807) is 12.1 Å². The number of pyridine rings is 1. The van der Waals surface area contributed by atoms with Crippen molar-refractivity contribution in [3.05, 3.63) is 59.7 Å². The molecular weight excluding hydrogens is 611 g/mol. The highest BCUT2D eigenvalue weighted by Gasteiger charge is 2.30. The lowest BCUT2D eigenvalue weighted by Crippen LogP contribution is -2.46. The van der Waals surface area contributed by atoms with Crippen molar-refractivity contribution in [3.63, 3.8) is 0 Å². The van der Waals surface area contributed by atoms with Gasteiger partial charge in [-0.3, -0.25) is 9.69 Å². The van der Waals surface area contributed by atoms with Gasteiger partial charge in [0, 0.05) is 70.9 Å². The average molecular weight is 662 g/mol. The predicted molar refractivity (Wildman–Crippen MR) is 180 cm³/mol. The highest BCUT2D eigenvalue weighted by Crippen LogP contribution is 2.27. The van der Waals surface area contributed by atoms with Gasteiger partial charge in [-0.1, -0.05) is 19.4 Å². The number of rotatable bonds is 13. The molecule has 1 aliphatic rings. The van der Waals surface area contributed by atoms with Crippen LogP contribution in [0.4, 0.5) is 23.8 Å². The van der Waals surface area contributed by atoms with Crippen molar-refractivity contribution >= 4 is 28.7 Å². The van der Waals surface area contributed by atoms with E-state index < -0.39 is 36.2 Å². The number of unbranched alkanes of at least 4 members (excludes halogenated alkanes) is 1. The van der Waals surface area contributed by atoms with Crippen molar-refractivity contribution in [3.8, 4) is 0 Å². The lowest BCUT2D eigenvalue weighted by atomic mass is 10.0. The van der Waals surface area contributed by atoms with Crippen molar-refractivity contribution in [2.24, 2.45) is 0 Å². The molecule has 13 heteroatoms. The first-order valence-electron chi connectivity index (χ1n) is 16.2. The van der Waals surface area contributed by atoms with Gasteiger partial charge in [0.15, 0.2) is 5.82 Å². The molecule has 10 nitrogen and oxygen atoms in total. The normalized spacial score (nSPS) is 15.1. The molecule has 0 bridgehead atoms. The smallest absolute Gasteiger partial charge is 0.407 e. The lowest BCUT2D eigenvalue weighted by molar-refractivity contribution is 0.00751. The Morgan fingerprint density at radius 1 is 1.09 bits per heavy atom. The molecule has 4 rings (SSSR count). The van der Waals surface area contributed by atoms with Crippen LogP contribution >= 0.6 is 0 Å². The number of carbonyl (C=O) groups is 2. The molecular formula is C34H50F3N7O3. The predicted octanol–water partition coefficient (Wildman–Crippen LogP) is 6.66. The summed E-state index contributed by atoms with van der Waals surface area (Å²) in [5.74, 6) is -3.35. The fourth-order valence-electron chi connectivity index (χ4n) is 5.62. The molecule has 1 unspecified atom stereocenters. The number of nitrogens with zero attached hydrogens (tertiary/aromatic N) is 5. The second-order valence-corrected chi connectivity index (χ2v) is 13.0. The fraction of sp³-hybridized carbons (Fsp3) is 0.559. The number of fused-ring (bicyclic) bond motifs is 1. The van der Waals surface area contributed by atoms with Crippen LogP contribution in [-0.4, -0.2) is 82.9 Å². The third-order valence-corrected chi connectivity index (χ3v) is 8.02. The first-order valence-corrected chi connectivity index (χ1v) is 16.2. The number of carbonyl (C=O) groups excluding carboxylic acids is 2. The van der Waals surface area contributed by atoms with Gasteiger partial charge in [0.1, 0.15) is 18.1 Å². The Bertz CT molecular complexity index is 1500. The molecule has 0 saturated carbocycles. The summed E-state index contributed by atoms with van der Waals surface area (Å²) in [6.45, 7) is 9.82. The summed E-state index contributed by atoms with van der Waals surface area (Å²) in [5.41, 5.74) is 1.05. The number of alkyl halides is 3. The molecule has 1 atom stereocenters. The zero-order valence-electron chi connectivity index (χ0n) is 27.9. The van der Waals surface area contributed by atoms with Gasteiger partial charge in [-0.05, 0) is 70.8 Å². The molecule has 1 aromatic carbocycles. The number of benzene rings is 1. The summed E-state index contributed by atoms with van der Waals surface area (Å²) in [5, 5.41) is 6.60. The molecule has 2 amide bonds. The Labute approximate surface area is 277 Å². The molecule has 0 radical (unpaired) electrons. The van der Waals surface area contributed by atoms with Crippen molar-refractivity contribution in [2.45, 2.75) is 83.9 Å². The van der Waals surface area contributed by atoms with E-state index in [9.17, 15) is 22.8 Å². The summed E-state index contributed by atoms with van der Waals surface area (Å²) in [4.78, 5) is 42.3. The van der Waals surface area contributed by atoms with Crippen LogP contribution in [0.15, 0.2) is 42.7 Å².